The lowest BCUT2D eigenvalue weighted by Gasteiger charge is -2.13. The Labute approximate surface area is 189 Å². The van der Waals surface area contributed by atoms with Gasteiger partial charge in [0.15, 0.2) is 17.2 Å². The highest BCUT2D eigenvalue weighted by molar-refractivity contribution is 5.89. The van der Waals surface area contributed by atoms with Crippen LogP contribution < -0.4 is 14.8 Å². The molecule has 176 valence electrons. The lowest BCUT2D eigenvalue weighted by molar-refractivity contribution is -0.141. The summed E-state index contributed by atoms with van der Waals surface area (Å²) >= 11 is 0. The second kappa shape index (κ2) is 9.41. The molecule has 34 heavy (non-hydrogen) atoms. The van der Waals surface area contributed by atoms with Gasteiger partial charge in [0.2, 0.25) is 5.88 Å². The van der Waals surface area contributed by atoms with Gasteiger partial charge in [-0.1, -0.05) is 6.07 Å². The highest BCUT2D eigenvalue weighted by atomic mass is 19.4. The first-order valence-electron chi connectivity index (χ1n) is 9.83. The molecule has 0 saturated heterocycles. The van der Waals surface area contributed by atoms with Crippen molar-refractivity contribution in [3.63, 3.8) is 0 Å². The molecule has 0 saturated carbocycles. The number of hydrogen-bond donors (Lipinski definition) is 1. The van der Waals surface area contributed by atoms with Crippen molar-refractivity contribution in [2.24, 2.45) is 0 Å². The second-order valence-corrected chi connectivity index (χ2v) is 6.98. The average molecular weight is 477 g/mol. The summed E-state index contributed by atoms with van der Waals surface area (Å²) in [6.45, 7) is 0.312. The molecule has 2 aromatic heterocycles. The Bertz CT molecular complexity index is 1330. The maximum Gasteiger partial charge on any atom is 0.433 e. The van der Waals surface area contributed by atoms with E-state index >= 15 is 0 Å². The third-order valence-corrected chi connectivity index (χ3v) is 4.77. The Morgan fingerprint density at radius 1 is 0.882 bits per heavy atom. The third-order valence-electron chi connectivity index (χ3n) is 4.77. The van der Waals surface area contributed by atoms with Crippen LogP contribution >= 0.6 is 0 Å². The van der Waals surface area contributed by atoms with Crippen molar-refractivity contribution in [1.82, 2.24) is 19.9 Å². The van der Waals surface area contributed by atoms with Crippen molar-refractivity contribution in [3.8, 4) is 17.4 Å². The molecule has 0 amide bonds. The first-order chi connectivity index (χ1) is 16.3. The molecule has 1 N–H and O–H groups in total. The monoisotopic (exact) mass is 477 g/mol. The molecule has 12 heteroatoms. The van der Waals surface area contributed by atoms with E-state index in [9.17, 15) is 22.0 Å². The van der Waals surface area contributed by atoms with Gasteiger partial charge in [-0.25, -0.2) is 28.7 Å². The van der Waals surface area contributed by atoms with E-state index in [1.165, 1.54) is 13.2 Å². The van der Waals surface area contributed by atoms with Crippen LogP contribution in [0.3, 0.4) is 0 Å². The first kappa shape index (κ1) is 23.1. The SMILES string of the molecule is COc1cc(CCNc2ncnc3c(F)ccc(F)c23)ccc1Oc1cc(C(F)(F)F)ncn1. The summed E-state index contributed by atoms with van der Waals surface area (Å²) in [6.07, 6.45) is -2.30. The maximum absolute atomic E-state index is 14.2. The van der Waals surface area contributed by atoms with Gasteiger partial charge >= 0.3 is 6.18 Å². The molecule has 0 aliphatic carbocycles. The van der Waals surface area contributed by atoms with Gasteiger partial charge in [0.25, 0.3) is 0 Å². The van der Waals surface area contributed by atoms with Crippen LogP contribution in [0.15, 0.2) is 49.1 Å². The second-order valence-electron chi connectivity index (χ2n) is 6.98. The van der Waals surface area contributed by atoms with Crippen LogP contribution in [0.2, 0.25) is 0 Å². The molecule has 0 unspecified atom stereocenters. The molecule has 4 rings (SSSR count). The van der Waals surface area contributed by atoms with Gasteiger partial charge in [0.1, 0.15) is 35.6 Å². The summed E-state index contributed by atoms with van der Waals surface area (Å²) in [7, 11) is 1.38. The first-order valence-corrected chi connectivity index (χ1v) is 9.83. The Morgan fingerprint density at radius 2 is 1.65 bits per heavy atom. The van der Waals surface area contributed by atoms with Crippen molar-refractivity contribution >= 4 is 16.7 Å². The van der Waals surface area contributed by atoms with Gasteiger partial charge in [-0.3, -0.25) is 0 Å². The van der Waals surface area contributed by atoms with Crippen molar-refractivity contribution in [2.75, 3.05) is 19.0 Å². The normalized spacial score (nSPS) is 11.5. The number of halogens is 5. The van der Waals surface area contributed by atoms with Gasteiger partial charge < -0.3 is 14.8 Å². The average Bonchev–Trinajstić information content (AvgIpc) is 2.82. The summed E-state index contributed by atoms with van der Waals surface area (Å²) in [5.41, 5.74) is -0.479. The van der Waals surface area contributed by atoms with Crippen molar-refractivity contribution in [2.45, 2.75) is 12.6 Å². The molecule has 0 radical (unpaired) electrons. The number of nitrogens with zero attached hydrogens (tertiary/aromatic N) is 4. The van der Waals surface area contributed by atoms with Gasteiger partial charge in [-0.15, -0.1) is 0 Å². The molecule has 7 nitrogen and oxygen atoms in total. The largest absolute Gasteiger partial charge is 0.493 e. The zero-order chi connectivity index (χ0) is 24.3. The molecule has 0 aliphatic heterocycles. The Morgan fingerprint density at radius 3 is 2.41 bits per heavy atom. The van der Waals surface area contributed by atoms with E-state index in [4.69, 9.17) is 9.47 Å². The number of hydrogen-bond acceptors (Lipinski definition) is 7. The molecule has 0 fully saturated rings. The molecular formula is C22H16F5N5O2. The van der Waals surface area contributed by atoms with Crippen LogP contribution in [0.1, 0.15) is 11.3 Å². The number of fused-ring (bicyclic) bond motifs is 1. The predicted octanol–water partition coefficient (Wildman–Crippen LogP) is 5.17. The lowest BCUT2D eigenvalue weighted by atomic mass is 10.1. The maximum atomic E-state index is 14.2. The van der Waals surface area contributed by atoms with E-state index < -0.39 is 23.5 Å². The summed E-state index contributed by atoms with van der Waals surface area (Å²) < 4.78 is 77.4. The Hall–Kier alpha value is -4.09. The number of nitrogens with one attached hydrogen (secondary N) is 1. The van der Waals surface area contributed by atoms with Crippen LogP contribution in [0.25, 0.3) is 10.9 Å². The number of benzene rings is 2. The van der Waals surface area contributed by atoms with Crippen LogP contribution in [-0.4, -0.2) is 33.6 Å². The molecule has 0 spiro atoms. The standard InChI is InChI=1S/C22H16F5N5O2/c1-33-16-8-12(2-5-15(16)34-18-9-17(22(25,26)27)29-10-30-18)6-7-28-21-19-13(23)3-4-14(24)20(19)31-11-32-21/h2-5,8-11H,6-7H2,1H3,(H,28,31,32). The third kappa shape index (κ3) is 4.95. The summed E-state index contributed by atoms with van der Waals surface area (Å²) in [6, 6.07) is 7.54. The molecule has 2 heterocycles. The molecule has 0 atom stereocenters. The Kier molecular flexibility index (Phi) is 6.39. The Balaban J connectivity index is 1.47. The van der Waals surface area contributed by atoms with E-state index in [0.29, 0.717) is 19.0 Å². The quantitative estimate of drug-likeness (QED) is 0.368. The van der Waals surface area contributed by atoms with E-state index in [1.54, 1.807) is 12.1 Å². The number of rotatable bonds is 7. The molecule has 2 aromatic carbocycles. The van der Waals surface area contributed by atoms with Gasteiger partial charge in [0.05, 0.1) is 12.5 Å². The predicted molar refractivity (Wildman–Crippen MR) is 112 cm³/mol. The van der Waals surface area contributed by atoms with E-state index in [0.717, 1.165) is 30.4 Å². The number of aromatic nitrogens is 4. The van der Waals surface area contributed by atoms with Gasteiger partial charge in [-0.05, 0) is 36.2 Å². The van der Waals surface area contributed by atoms with Crippen LogP contribution in [0, 0.1) is 11.6 Å². The van der Waals surface area contributed by atoms with Gasteiger partial charge in [-0.2, -0.15) is 13.2 Å². The van der Waals surface area contributed by atoms with Crippen LogP contribution in [-0.2, 0) is 12.6 Å². The lowest BCUT2D eigenvalue weighted by Crippen LogP contribution is -2.09. The fourth-order valence-electron chi connectivity index (χ4n) is 3.18. The van der Waals surface area contributed by atoms with Crippen LogP contribution in [0.4, 0.5) is 27.8 Å². The number of anilines is 1. The minimum atomic E-state index is -4.63. The topological polar surface area (TPSA) is 82.0 Å². The minimum Gasteiger partial charge on any atom is -0.493 e. The fourth-order valence-corrected chi connectivity index (χ4v) is 3.18. The van der Waals surface area contributed by atoms with E-state index in [2.05, 4.69) is 25.3 Å². The number of ether oxygens (including phenoxy) is 2. The molecule has 0 aliphatic rings. The minimum absolute atomic E-state index is 0.0492. The number of methoxy groups -OCH3 is 1. The van der Waals surface area contributed by atoms with Crippen LogP contribution in [0.5, 0.6) is 17.4 Å². The summed E-state index contributed by atoms with van der Waals surface area (Å²) in [4.78, 5) is 14.7. The van der Waals surface area contributed by atoms with E-state index in [1.807, 2.05) is 0 Å². The van der Waals surface area contributed by atoms with E-state index in [-0.39, 0.29) is 34.1 Å². The van der Waals surface area contributed by atoms with Gasteiger partial charge in [0, 0.05) is 12.6 Å². The molecule has 4 aromatic rings. The zero-order valence-corrected chi connectivity index (χ0v) is 17.5. The smallest absolute Gasteiger partial charge is 0.433 e. The highest BCUT2D eigenvalue weighted by Crippen LogP contribution is 2.34. The number of alkyl halides is 3. The molecular weight excluding hydrogens is 461 g/mol. The summed E-state index contributed by atoms with van der Waals surface area (Å²) in [5, 5.41) is 2.91. The van der Waals surface area contributed by atoms with Crippen molar-refractivity contribution in [3.05, 3.63) is 71.9 Å². The van der Waals surface area contributed by atoms with Crippen molar-refractivity contribution in [1.29, 1.82) is 0 Å². The fraction of sp³-hybridized carbons (Fsp3) is 0.182. The zero-order valence-electron chi connectivity index (χ0n) is 17.5. The van der Waals surface area contributed by atoms with Crippen molar-refractivity contribution < 1.29 is 31.4 Å². The summed E-state index contributed by atoms with van der Waals surface area (Å²) in [5.74, 6) is -1.02. The highest BCUT2D eigenvalue weighted by Gasteiger charge is 2.33. The molecule has 0 bridgehead atoms.